The lowest BCUT2D eigenvalue weighted by Crippen LogP contribution is -2.30. The van der Waals surface area contributed by atoms with Gasteiger partial charge in [0.15, 0.2) is 6.10 Å². The van der Waals surface area contributed by atoms with Crippen molar-refractivity contribution in [2.24, 2.45) is 0 Å². The molecule has 0 aliphatic heterocycles. The van der Waals surface area contributed by atoms with Crippen LogP contribution in [0.5, 0.6) is 0 Å². The first-order valence-electron chi connectivity index (χ1n) is 29.0. The summed E-state index contributed by atoms with van der Waals surface area (Å²) in [5.74, 6) is -1.02. The number of hydrogen-bond donors (Lipinski definition) is 0. The SMILES string of the molecule is CC/C=C\C/C=C\C/C=C\C/C=C\C/C=C\C/C=C\CCC(=O)OCC(COC(=O)CCCCCCCCC/C=C\C/C=C\CCCCC)OC(=O)CCCCCCCCC/C=C\C/C=C\CCCCC. The predicted octanol–water partition coefficient (Wildman–Crippen LogP) is 19.6. The van der Waals surface area contributed by atoms with Crippen LogP contribution in [0.1, 0.15) is 252 Å². The summed E-state index contributed by atoms with van der Waals surface area (Å²) in [6.45, 7) is 6.40. The van der Waals surface area contributed by atoms with E-state index in [1.165, 1.54) is 103 Å². The zero-order chi connectivity index (χ0) is 51.4. The van der Waals surface area contributed by atoms with Gasteiger partial charge in [0.2, 0.25) is 0 Å². The van der Waals surface area contributed by atoms with Crippen LogP contribution in [-0.4, -0.2) is 37.2 Å². The first-order chi connectivity index (χ1) is 35.0. The van der Waals surface area contributed by atoms with E-state index in [0.29, 0.717) is 19.3 Å². The number of carbonyl (C=O) groups is 3. The van der Waals surface area contributed by atoms with Crippen LogP contribution in [0.3, 0.4) is 0 Å². The van der Waals surface area contributed by atoms with Gasteiger partial charge in [-0.05, 0) is 122 Å². The Kier molecular flexibility index (Phi) is 54.9. The number of carbonyl (C=O) groups excluding carboxylic acids is 3. The molecule has 0 heterocycles. The number of unbranched alkanes of at least 4 members (excludes halogenated alkanes) is 20. The zero-order valence-corrected chi connectivity index (χ0v) is 45.9. The van der Waals surface area contributed by atoms with Gasteiger partial charge in [-0.2, -0.15) is 0 Å². The maximum Gasteiger partial charge on any atom is 0.306 e. The number of esters is 3. The highest BCUT2D eigenvalue weighted by Crippen LogP contribution is 2.14. The van der Waals surface area contributed by atoms with E-state index in [1.807, 2.05) is 6.08 Å². The highest BCUT2D eigenvalue weighted by Gasteiger charge is 2.19. The van der Waals surface area contributed by atoms with Crippen molar-refractivity contribution in [2.45, 2.75) is 258 Å². The highest BCUT2D eigenvalue weighted by molar-refractivity contribution is 5.71. The first kappa shape index (κ1) is 66.8. The van der Waals surface area contributed by atoms with Crippen LogP contribution in [0.2, 0.25) is 0 Å². The van der Waals surface area contributed by atoms with E-state index in [4.69, 9.17) is 14.2 Å². The van der Waals surface area contributed by atoms with Crippen molar-refractivity contribution in [3.05, 3.63) is 122 Å². The summed E-state index contributed by atoms with van der Waals surface area (Å²) < 4.78 is 16.8. The standard InChI is InChI=1S/C65H106O6/c1-4-7-10-13-16-19-22-25-28-31-32-35-37-40-43-46-49-52-55-58-64(67)70-61-62(71-65(68)59-56-53-50-47-44-41-38-34-30-27-24-21-18-15-12-9-6-3)60-69-63(66)57-54-51-48-45-42-39-36-33-29-26-23-20-17-14-11-8-5-2/h7,10,16-21,25-30,32,35,40,43,49,52,62H,4-6,8-9,11-15,22-24,31,33-34,36-39,41-42,44-48,50-51,53-61H2,1-3H3/b10-7-,19-16-,20-17-,21-18-,28-25-,29-26-,30-27-,35-32-,43-40-,52-49-. The Bertz CT molecular complexity index is 1500. The smallest absolute Gasteiger partial charge is 0.306 e. The van der Waals surface area contributed by atoms with Gasteiger partial charge in [0.05, 0.1) is 0 Å². The van der Waals surface area contributed by atoms with Gasteiger partial charge in [-0.15, -0.1) is 0 Å². The molecule has 0 saturated carbocycles. The molecule has 0 spiro atoms. The minimum Gasteiger partial charge on any atom is -0.462 e. The molecule has 0 aliphatic rings. The summed E-state index contributed by atoms with van der Waals surface area (Å²) in [7, 11) is 0. The Hall–Kier alpha value is -4.19. The number of allylic oxidation sites excluding steroid dienone is 20. The number of hydrogen-bond acceptors (Lipinski definition) is 6. The molecular weight excluding hydrogens is 877 g/mol. The third-order valence-electron chi connectivity index (χ3n) is 11.9. The molecule has 402 valence electrons. The van der Waals surface area contributed by atoms with Crippen molar-refractivity contribution >= 4 is 17.9 Å². The summed E-state index contributed by atoms with van der Waals surface area (Å²) in [6, 6.07) is 0. The molecule has 0 amide bonds. The van der Waals surface area contributed by atoms with E-state index >= 15 is 0 Å². The molecule has 0 aromatic heterocycles. The van der Waals surface area contributed by atoms with E-state index in [9.17, 15) is 14.4 Å². The molecule has 0 bridgehead atoms. The average molecular weight is 984 g/mol. The Morgan fingerprint density at radius 3 is 0.944 bits per heavy atom. The minimum absolute atomic E-state index is 0.111. The molecule has 1 unspecified atom stereocenters. The van der Waals surface area contributed by atoms with E-state index < -0.39 is 6.10 Å². The van der Waals surface area contributed by atoms with Crippen molar-refractivity contribution in [3.63, 3.8) is 0 Å². The number of rotatable bonds is 51. The Morgan fingerprint density at radius 1 is 0.296 bits per heavy atom. The van der Waals surface area contributed by atoms with Gasteiger partial charge >= 0.3 is 17.9 Å². The third-order valence-corrected chi connectivity index (χ3v) is 11.9. The number of ether oxygens (including phenoxy) is 3. The predicted molar refractivity (Wildman–Crippen MR) is 306 cm³/mol. The van der Waals surface area contributed by atoms with Crippen LogP contribution < -0.4 is 0 Å². The molecule has 0 aliphatic carbocycles. The lowest BCUT2D eigenvalue weighted by molar-refractivity contribution is -0.166. The quantitative estimate of drug-likeness (QED) is 0.0261. The molecule has 0 radical (unpaired) electrons. The monoisotopic (exact) mass is 983 g/mol. The molecule has 6 nitrogen and oxygen atoms in total. The molecule has 0 fully saturated rings. The van der Waals surface area contributed by atoms with E-state index in [0.717, 1.165) is 103 Å². The summed E-state index contributed by atoms with van der Waals surface area (Å²) in [5, 5.41) is 0. The van der Waals surface area contributed by atoms with Crippen molar-refractivity contribution in [1.29, 1.82) is 0 Å². The van der Waals surface area contributed by atoms with Gasteiger partial charge in [-0.3, -0.25) is 14.4 Å². The van der Waals surface area contributed by atoms with Gasteiger partial charge in [0.1, 0.15) is 13.2 Å². The summed E-state index contributed by atoms with van der Waals surface area (Å²) >= 11 is 0. The van der Waals surface area contributed by atoms with Gasteiger partial charge in [0, 0.05) is 19.3 Å². The third kappa shape index (κ3) is 56.6. The van der Waals surface area contributed by atoms with Gasteiger partial charge in [0.25, 0.3) is 0 Å². The molecule has 6 heteroatoms. The second-order valence-corrected chi connectivity index (χ2v) is 18.8. The highest BCUT2D eigenvalue weighted by atomic mass is 16.6. The lowest BCUT2D eigenvalue weighted by Gasteiger charge is -2.18. The molecule has 0 saturated heterocycles. The molecule has 0 aromatic rings. The van der Waals surface area contributed by atoms with Gasteiger partial charge in [-0.25, -0.2) is 0 Å². The lowest BCUT2D eigenvalue weighted by atomic mass is 10.1. The second kappa shape index (κ2) is 58.4. The normalized spacial score (nSPS) is 13.0. The van der Waals surface area contributed by atoms with E-state index in [1.54, 1.807) is 0 Å². The summed E-state index contributed by atoms with van der Waals surface area (Å²) in [5.41, 5.74) is 0. The fourth-order valence-corrected chi connectivity index (χ4v) is 7.59. The Labute approximate surface area is 437 Å². The fourth-order valence-electron chi connectivity index (χ4n) is 7.59. The van der Waals surface area contributed by atoms with Crippen LogP contribution in [0.25, 0.3) is 0 Å². The van der Waals surface area contributed by atoms with Crippen LogP contribution in [0, 0.1) is 0 Å². The topological polar surface area (TPSA) is 78.9 Å². The fraction of sp³-hybridized carbons (Fsp3) is 0.646. The molecule has 1 atom stereocenters. The maximum absolute atomic E-state index is 12.9. The van der Waals surface area contributed by atoms with Crippen molar-refractivity contribution < 1.29 is 28.6 Å². The molecule has 0 rings (SSSR count). The Morgan fingerprint density at radius 2 is 0.577 bits per heavy atom. The first-order valence-corrected chi connectivity index (χ1v) is 29.0. The van der Waals surface area contributed by atoms with Crippen LogP contribution in [-0.2, 0) is 28.6 Å². The van der Waals surface area contributed by atoms with Crippen molar-refractivity contribution in [2.75, 3.05) is 13.2 Å². The van der Waals surface area contributed by atoms with E-state index in [-0.39, 0.29) is 37.5 Å². The van der Waals surface area contributed by atoms with Gasteiger partial charge < -0.3 is 14.2 Å². The average Bonchev–Trinajstić information content (AvgIpc) is 3.37. The molecule has 0 aromatic carbocycles. The zero-order valence-electron chi connectivity index (χ0n) is 45.9. The molecular formula is C65H106O6. The summed E-state index contributed by atoms with van der Waals surface area (Å²) in [6.07, 6.45) is 80.5. The van der Waals surface area contributed by atoms with Gasteiger partial charge in [-0.1, -0.05) is 232 Å². The second-order valence-electron chi connectivity index (χ2n) is 18.8. The van der Waals surface area contributed by atoms with Crippen LogP contribution >= 0.6 is 0 Å². The Balaban J connectivity index is 4.54. The summed E-state index contributed by atoms with van der Waals surface area (Å²) in [4.78, 5) is 38.2. The molecule has 71 heavy (non-hydrogen) atoms. The van der Waals surface area contributed by atoms with Crippen LogP contribution in [0.15, 0.2) is 122 Å². The van der Waals surface area contributed by atoms with Crippen molar-refractivity contribution in [1.82, 2.24) is 0 Å². The van der Waals surface area contributed by atoms with Crippen LogP contribution in [0.4, 0.5) is 0 Å². The minimum atomic E-state index is -0.820. The largest absolute Gasteiger partial charge is 0.462 e. The van der Waals surface area contributed by atoms with E-state index in [2.05, 4.69) is 136 Å². The molecule has 0 N–H and O–H groups in total. The van der Waals surface area contributed by atoms with Crippen molar-refractivity contribution in [3.8, 4) is 0 Å². The maximum atomic E-state index is 12.9.